The Bertz CT molecular complexity index is 1550. The third-order valence-electron chi connectivity index (χ3n) is 5.29. The molecule has 0 aromatic heterocycles. The molecule has 0 radical (unpaired) electrons. The van der Waals surface area contributed by atoms with E-state index in [1.54, 1.807) is 37.3 Å². The molecule has 1 aliphatic heterocycles. The molecule has 1 aliphatic rings. The van der Waals surface area contributed by atoms with E-state index >= 15 is 0 Å². The van der Waals surface area contributed by atoms with Crippen molar-refractivity contribution in [3.05, 3.63) is 93.6 Å². The molecule has 0 unspecified atom stereocenters. The SMILES string of the molecule is Cc1ccc(C(=O)Nc2ccc(S(N)(=O)=O)cc2)cc1NC1=C(Cl)C(=O)N(c2cccc(Cl)c2)C1=O. The van der Waals surface area contributed by atoms with Crippen molar-refractivity contribution >= 4 is 68.0 Å². The van der Waals surface area contributed by atoms with Gasteiger partial charge in [0.2, 0.25) is 10.0 Å². The Morgan fingerprint density at radius 3 is 2.28 bits per heavy atom. The van der Waals surface area contributed by atoms with Gasteiger partial charge in [0.1, 0.15) is 10.7 Å². The molecule has 3 amide bonds. The molecule has 9 nitrogen and oxygen atoms in total. The van der Waals surface area contributed by atoms with Crippen molar-refractivity contribution in [1.82, 2.24) is 0 Å². The molecule has 0 fully saturated rings. The fraction of sp³-hybridized carbons (Fsp3) is 0.0417. The maximum absolute atomic E-state index is 13.0. The van der Waals surface area contributed by atoms with E-state index in [1.165, 1.54) is 36.4 Å². The highest BCUT2D eigenvalue weighted by atomic mass is 35.5. The number of carbonyl (C=O) groups is 3. The van der Waals surface area contributed by atoms with Crippen LogP contribution in [0.15, 0.2) is 82.4 Å². The molecule has 0 spiro atoms. The number of amides is 3. The summed E-state index contributed by atoms with van der Waals surface area (Å²) in [5, 5.41) is 10.7. The number of nitrogens with zero attached hydrogens (tertiary/aromatic N) is 1. The molecule has 0 aliphatic carbocycles. The van der Waals surface area contributed by atoms with Gasteiger partial charge in [-0.15, -0.1) is 0 Å². The number of rotatable bonds is 6. The van der Waals surface area contributed by atoms with Gasteiger partial charge in [-0.2, -0.15) is 0 Å². The van der Waals surface area contributed by atoms with E-state index in [2.05, 4.69) is 10.6 Å². The van der Waals surface area contributed by atoms with E-state index in [-0.39, 0.29) is 26.9 Å². The first-order valence-electron chi connectivity index (χ1n) is 10.3. The van der Waals surface area contributed by atoms with Gasteiger partial charge in [-0.05, 0) is 67.1 Å². The minimum absolute atomic E-state index is 0.0879. The average molecular weight is 545 g/mol. The molecule has 0 saturated carbocycles. The molecule has 3 aromatic rings. The molecule has 0 saturated heterocycles. The van der Waals surface area contributed by atoms with E-state index in [0.29, 0.717) is 22.0 Å². The normalized spacial score (nSPS) is 13.8. The number of anilines is 3. The smallest absolute Gasteiger partial charge is 0.283 e. The lowest BCUT2D eigenvalue weighted by atomic mass is 10.1. The predicted molar refractivity (Wildman–Crippen MR) is 137 cm³/mol. The second-order valence-corrected chi connectivity index (χ2v) is 10.2. The van der Waals surface area contributed by atoms with Crippen LogP contribution in [0, 0.1) is 6.92 Å². The van der Waals surface area contributed by atoms with Crippen LogP contribution in [0.5, 0.6) is 0 Å². The molecule has 1 heterocycles. The molecular weight excluding hydrogens is 527 g/mol. The lowest BCUT2D eigenvalue weighted by Gasteiger charge is -2.16. The zero-order valence-electron chi connectivity index (χ0n) is 18.6. The van der Waals surface area contributed by atoms with E-state index in [0.717, 1.165) is 4.90 Å². The van der Waals surface area contributed by atoms with Gasteiger partial charge in [0, 0.05) is 22.0 Å². The summed E-state index contributed by atoms with van der Waals surface area (Å²) in [6.07, 6.45) is 0. The number of hydrogen-bond donors (Lipinski definition) is 3. The predicted octanol–water partition coefficient (Wildman–Crippen LogP) is 3.98. The van der Waals surface area contributed by atoms with Crippen molar-refractivity contribution in [2.45, 2.75) is 11.8 Å². The van der Waals surface area contributed by atoms with Gasteiger partial charge < -0.3 is 10.6 Å². The van der Waals surface area contributed by atoms with Gasteiger partial charge in [-0.25, -0.2) is 18.5 Å². The first-order valence-corrected chi connectivity index (χ1v) is 12.6. The van der Waals surface area contributed by atoms with Crippen LogP contribution >= 0.6 is 23.2 Å². The fourth-order valence-corrected chi connectivity index (χ4v) is 4.34. The number of nitrogens with two attached hydrogens (primary N) is 1. The Morgan fingerprint density at radius 2 is 1.64 bits per heavy atom. The van der Waals surface area contributed by atoms with Crippen molar-refractivity contribution in [3.63, 3.8) is 0 Å². The Balaban J connectivity index is 1.56. The molecule has 4 rings (SSSR count). The highest BCUT2D eigenvalue weighted by Crippen LogP contribution is 2.32. The Kier molecular flexibility index (Phi) is 6.87. The third-order valence-corrected chi connectivity index (χ3v) is 6.81. The standard InChI is InChI=1S/C24H18Cl2N4O5S/c1-13-5-6-14(22(31)28-16-7-9-18(10-8-16)36(27,34)35)11-19(13)29-21-20(26)23(32)30(24(21)33)17-4-2-3-15(25)12-17/h2-12,29H,1H3,(H,28,31)(H2,27,34,35). The monoisotopic (exact) mass is 544 g/mol. The number of imide groups is 1. The highest BCUT2D eigenvalue weighted by molar-refractivity contribution is 7.89. The lowest BCUT2D eigenvalue weighted by Crippen LogP contribution is -2.32. The Labute approximate surface area is 216 Å². The van der Waals surface area contributed by atoms with Gasteiger partial charge in [-0.1, -0.05) is 35.3 Å². The van der Waals surface area contributed by atoms with Crippen LogP contribution in [0.25, 0.3) is 0 Å². The van der Waals surface area contributed by atoms with Crippen molar-refractivity contribution in [1.29, 1.82) is 0 Å². The van der Waals surface area contributed by atoms with Crippen LogP contribution in [-0.2, 0) is 19.6 Å². The molecule has 12 heteroatoms. The quantitative estimate of drug-likeness (QED) is 0.401. The van der Waals surface area contributed by atoms with Crippen LogP contribution in [0.2, 0.25) is 5.02 Å². The van der Waals surface area contributed by atoms with E-state index in [9.17, 15) is 22.8 Å². The summed E-state index contributed by atoms with van der Waals surface area (Å²) in [5.74, 6) is -1.87. The first-order chi connectivity index (χ1) is 17.0. The zero-order chi connectivity index (χ0) is 26.2. The molecule has 0 bridgehead atoms. The second kappa shape index (κ2) is 9.75. The van der Waals surface area contributed by atoms with Crippen LogP contribution < -0.4 is 20.7 Å². The van der Waals surface area contributed by atoms with Crippen LogP contribution in [0.4, 0.5) is 17.1 Å². The molecule has 3 aromatic carbocycles. The molecule has 36 heavy (non-hydrogen) atoms. The van der Waals surface area contributed by atoms with Gasteiger partial charge in [0.25, 0.3) is 17.7 Å². The number of primary sulfonamides is 1. The van der Waals surface area contributed by atoms with Gasteiger partial charge in [0.05, 0.1) is 10.6 Å². The number of sulfonamides is 1. The van der Waals surface area contributed by atoms with Crippen LogP contribution in [-0.4, -0.2) is 26.1 Å². The second-order valence-electron chi connectivity index (χ2n) is 7.79. The maximum Gasteiger partial charge on any atom is 0.283 e. The topological polar surface area (TPSA) is 139 Å². The summed E-state index contributed by atoms with van der Waals surface area (Å²) >= 11 is 12.2. The molecule has 4 N–H and O–H groups in total. The molecule has 184 valence electrons. The Morgan fingerprint density at radius 1 is 0.944 bits per heavy atom. The lowest BCUT2D eigenvalue weighted by molar-refractivity contribution is -0.120. The Hall–Kier alpha value is -3.70. The van der Waals surface area contributed by atoms with Crippen molar-refractivity contribution in [3.8, 4) is 0 Å². The summed E-state index contributed by atoms with van der Waals surface area (Å²) in [6.45, 7) is 1.75. The van der Waals surface area contributed by atoms with Crippen LogP contribution in [0.1, 0.15) is 15.9 Å². The molecule has 0 atom stereocenters. The van der Waals surface area contributed by atoms with Crippen molar-refractivity contribution in [2.75, 3.05) is 15.5 Å². The van der Waals surface area contributed by atoms with Crippen molar-refractivity contribution < 1.29 is 22.8 Å². The zero-order valence-corrected chi connectivity index (χ0v) is 20.9. The summed E-state index contributed by atoms with van der Waals surface area (Å²) in [7, 11) is -3.86. The van der Waals surface area contributed by atoms with E-state index < -0.39 is 27.7 Å². The number of hydrogen-bond acceptors (Lipinski definition) is 6. The minimum atomic E-state index is -3.86. The van der Waals surface area contributed by atoms with E-state index in [1.807, 2.05) is 0 Å². The summed E-state index contributed by atoms with van der Waals surface area (Å²) in [6, 6.07) is 16.3. The van der Waals surface area contributed by atoms with Gasteiger partial charge in [-0.3, -0.25) is 14.4 Å². The number of carbonyl (C=O) groups excluding carboxylic acids is 3. The summed E-state index contributed by atoms with van der Waals surface area (Å²) in [5.41, 5.74) is 1.78. The molecular formula is C24H18Cl2N4O5S. The summed E-state index contributed by atoms with van der Waals surface area (Å²) < 4.78 is 22.8. The number of benzene rings is 3. The largest absolute Gasteiger partial charge is 0.349 e. The maximum atomic E-state index is 13.0. The van der Waals surface area contributed by atoms with Gasteiger partial charge >= 0.3 is 0 Å². The van der Waals surface area contributed by atoms with E-state index in [4.69, 9.17) is 28.3 Å². The first kappa shape index (κ1) is 25.4. The van der Waals surface area contributed by atoms with Crippen molar-refractivity contribution in [2.24, 2.45) is 5.14 Å². The highest BCUT2D eigenvalue weighted by Gasteiger charge is 2.39. The summed E-state index contributed by atoms with van der Waals surface area (Å²) in [4.78, 5) is 39.3. The number of aryl methyl sites for hydroxylation is 1. The minimum Gasteiger partial charge on any atom is -0.349 e. The third kappa shape index (κ3) is 5.12. The average Bonchev–Trinajstić information content (AvgIpc) is 3.03. The number of nitrogens with one attached hydrogen (secondary N) is 2. The number of halogens is 2. The van der Waals surface area contributed by atoms with Crippen LogP contribution in [0.3, 0.4) is 0 Å². The fourth-order valence-electron chi connectivity index (χ4n) is 3.42. The van der Waals surface area contributed by atoms with Gasteiger partial charge in [0.15, 0.2) is 0 Å².